The Morgan fingerprint density at radius 3 is 2.04 bits per heavy atom. The minimum atomic E-state index is -2.55. The minimum absolute atomic E-state index is 0.119. The molecule has 1 saturated heterocycles. The zero-order valence-electron chi connectivity index (χ0n) is 28.8. The Morgan fingerprint density at radius 1 is 0.957 bits per heavy atom. The molecule has 1 aliphatic heterocycles. The third kappa shape index (κ3) is 4.92. The maximum Gasteiger partial charge on any atom is 0.309 e. The molecule has 0 aromatic rings. The molecule has 12 unspecified atom stereocenters. The van der Waals surface area contributed by atoms with Crippen LogP contribution < -0.4 is 0 Å². The van der Waals surface area contributed by atoms with Gasteiger partial charge in [0.1, 0.15) is 18.8 Å². The van der Waals surface area contributed by atoms with Gasteiger partial charge in [0.2, 0.25) is 0 Å². The smallest absolute Gasteiger partial charge is 0.309 e. The lowest BCUT2D eigenvalue weighted by Gasteiger charge is -2.64. The fourth-order valence-corrected chi connectivity index (χ4v) is 8.22. The van der Waals surface area contributed by atoms with Gasteiger partial charge in [0.05, 0.1) is 17.4 Å². The highest BCUT2D eigenvalue weighted by Gasteiger charge is 2.87. The second-order valence-corrected chi connectivity index (χ2v) is 14.6. The molecule has 4 rings (SSSR count). The summed E-state index contributed by atoms with van der Waals surface area (Å²) in [5, 5.41) is 25.9. The Balaban J connectivity index is 2.04. The van der Waals surface area contributed by atoms with E-state index in [1.807, 2.05) is 13.8 Å². The fourth-order valence-electron chi connectivity index (χ4n) is 8.22. The second-order valence-electron chi connectivity index (χ2n) is 14.6. The van der Waals surface area contributed by atoms with Crippen LogP contribution in [0.5, 0.6) is 0 Å². The van der Waals surface area contributed by atoms with E-state index in [1.165, 1.54) is 19.9 Å². The quantitative estimate of drug-likeness (QED) is 0.212. The van der Waals surface area contributed by atoms with Gasteiger partial charge in [-0.3, -0.25) is 24.0 Å². The van der Waals surface area contributed by atoms with E-state index < -0.39 is 112 Å². The lowest BCUT2D eigenvalue weighted by molar-refractivity contribution is -0.305. The molecule has 12 atom stereocenters. The Kier molecular flexibility index (Phi) is 9.16. The van der Waals surface area contributed by atoms with Crippen molar-refractivity contribution in [3.05, 3.63) is 11.6 Å². The summed E-state index contributed by atoms with van der Waals surface area (Å²) in [6.45, 7) is 17.2. The van der Waals surface area contributed by atoms with Gasteiger partial charge in [-0.25, -0.2) is 0 Å². The summed E-state index contributed by atoms with van der Waals surface area (Å²) in [5.41, 5.74) is -9.14. The van der Waals surface area contributed by atoms with Gasteiger partial charge >= 0.3 is 23.9 Å². The minimum Gasteiger partial charge on any atom is -0.463 e. The van der Waals surface area contributed by atoms with Gasteiger partial charge in [0.15, 0.2) is 28.7 Å². The van der Waals surface area contributed by atoms with Gasteiger partial charge in [0.25, 0.3) is 0 Å². The van der Waals surface area contributed by atoms with Crippen LogP contribution in [0.4, 0.5) is 0 Å². The molecule has 0 aromatic carbocycles. The highest BCUT2D eigenvalue weighted by molar-refractivity contribution is 6.05. The van der Waals surface area contributed by atoms with E-state index in [1.54, 1.807) is 41.5 Å². The van der Waals surface area contributed by atoms with Gasteiger partial charge < -0.3 is 33.9 Å². The number of epoxide rings is 1. The molecule has 0 spiro atoms. The van der Waals surface area contributed by atoms with E-state index in [0.717, 1.165) is 6.92 Å². The molecule has 0 bridgehead atoms. The number of Topliss-reactive ketones (excluding diaryl/α,β-unsaturated/α-hetero) is 1. The number of carbonyl (C=O) groups is 5. The Labute approximate surface area is 270 Å². The van der Waals surface area contributed by atoms with Crippen LogP contribution in [0.2, 0.25) is 0 Å². The summed E-state index contributed by atoms with van der Waals surface area (Å²) in [6.07, 6.45) is -1.60. The number of hydrogen-bond donors (Lipinski definition) is 2. The first-order valence-electron chi connectivity index (χ1n) is 16.2. The fraction of sp³-hybridized carbons (Fsp3) is 0.794. The van der Waals surface area contributed by atoms with Gasteiger partial charge in [-0.15, -0.1) is 0 Å². The van der Waals surface area contributed by atoms with Crippen molar-refractivity contribution < 1.29 is 57.9 Å². The first-order chi connectivity index (χ1) is 21.1. The SMILES string of the molecule is CCC(C)C(=O)OC1C(C)C2(O)C3C=C(C)C(=O)C3(O)C(OC(C)=O)C3(COC(C)=O)OC3C2C(C)(C)C1(C)OC(=O)C(C)CC. The summed E-state index contributed by atoms with van der Waals surface area (Å²) in [7, 11) is 0. The standard InChI is InChI=1S/C34H50O12/c1-12-16(3)27(38)44-25-19(6)33(40)22-14-18(5)24(37)34(22,41)29(43-21(8)36)32(15-42-20(7)35)26(45-32)23(33)30(9,10)31(25,11)46-28(39)17(4)13-2/h14,16-17,19,22-23,25-26,29,40-41H,12-13,15H2,1-11H3. The monoisotopic (exact) mass is 650 g/mol. The molecule has 0 amide bonds. The van der Waals surface area contributed by atoms with Crippen molar-refractivity contribution in [2.45, 2.75) is 130 Å². The maximum atomic E-state index is 14.0. The van der Waals surface area contributed by atoms with Crippen LogP contribution >= 0.6 is 0 Å². The average molecular weight is 651 g/mol. The predicted octanol–water partition coefficient (Wildman–Crippen LogP) is 2.84. The molecule has 3 aliphatic carbocycles. The average Bonchev–Trinajstić information content (AvgIpc) is 3.64. The Bertz CT molecular complexity index is 1340. The van der Waals surface area contributed by atoms with E-state index in [2.05, 4.69) is 0 Å². The van der Waals surface area contributed by atoms with Crippen LogP contribution in [-0.2, 0) is 47.7 Å². The first-order valence-corrected chi connectivity index (χ1v) is 16.2. The molecule has 46 heavy (non-hydrogen) atoms. The maximum absolute atomic E-state index is 14.0. The summed E-state index contributed by atoms with van der Waals surface area (Å²) < 4.78 is 30.0. The summed E-state index contributed by atoms with van der Waals surface area (Å²) >= 11 is 0. The Hall–Kier alpha value is -2.83. The molecular weight excluding hydrogens is 600 g/mol. The van der Waals surface area contributed by atoms with Crippen molar-refractivity contribution in [1.82, 2.24) is 0 Å². The molecule has 12 nitrogen and oxygen atoms in total. The van der Waals surface area contributed by atoms with Crippen LogP contribution in [0.1, 0.15) is 89.0 Å². The zero-order valence-corrected chi connectivity index (χ0v) is 28.8. The van der Waals surface area contributed by atoms with E-state index in [-0.39, 0.29) is 5.57 Å². The lowest BCUT2D eigenvalue weighted by Crippen LogP contribution is -2.76. The van der Waals surface area contributed by atoms with Gasteiger partial charge in [0, 0.05) is 37.0 Å². The topological polar surface area (TPSA) is 175 Å². The van der Waals surface area contributed by atoms with E-state index in [4.69, 9.17) is 23.7 Å². The van der Waals surface area contributed by atoms with Crippen molar-refractivity contribution in [1.29, 1.82) is 0 Å². The number of fused-ring (bicyclic) bond motifs is 5. The number of esters is 4. The summed E-state index contributed by atoms with van der Waals surface area (Å²) in [4.78, 5) is 65.6. The number of aliphatic hydroxyl groups is 2. The van der Waals surface area contributed by atoms with Crippen LogP contribution in [0.25, 0.3) is 0 Å². The number of rotatable bonds is 9. The summed E-state index contributed by atoms with van der Waals surface area (Å²) in [6, 6.07) is 0. The molecule has 4 aliphatic rings. The highest BCUT2D eigenvalue weighted by Crippen LogP contribution is 2.70. The Morgan fingerprint density at radius 2 is 1.52 bits per heavy atom. The molecule has 1 heterocycles. The number of ketones is 1. The van der Waals surface area contributed by atoms with Crippen molar-refractivity contribution in [3.8, 4) is 0 Å². The van der Waals surface area contributed by atoms with Crippen molar-refractivity contribution in [2.75, 3.05) is 6.61 Å². The zero-order chi connectivity index (χ0) is 34.9. The molecule has 12 heteroatoms. The van der Waals surface area contributed by atoms with Gasteiger partial charge in [-0.05, 0) is 32.3 Å². The molecule has 2 N–H and O–H groups in total. The van der Waals surface area contributed by atoms with Crippen molar-refractivity contribution in [2.24, 2.45) is 35.0 Å². The van der Waals surface area contributed by atoms with Crippen LogP contribution in [0, 0.1) is 35.0 Å². The van der Waals surface area contributed by atoms with Crippen LogP contribution in [-0.4, -0.2) is 87.2 Å². The van der Waals surface area contributed by atoms with E-state index in [0.29, 0.717) is 12.8 Å². The van der Waals surface area contributed by atoms with E-state index >= 15 is 0 Å². The number of carbonyl (C=O) groups excluding carboxylic acids is 5. The predicted molar refractivity (Wildman–Crippen MR) is 162 cm³/mol. The first kappa shape index (κ1) is 36.0. The molecule has 0 radical (unpaired) electrons. The molecule has 2 saturated carbocycles. The van der Waals surface area contributed by atoms with Gasteiger partial charge in [-0.2, -0.15) is 0 Å². The largest absolute Gasteiger partial charge is 0.463 e. The van der Waals surface area contributed by atoms with Crippen LogP contribution in [0.15, 0.2) is 11.6 Å². The van der Waals surface area contributed by atoms with Crippen molar-refractivity contribution >= 4 is 29.7 Å². The summed E-state index contributed by atoms with van der Waals surface area (Å²) in [5.74, 6) is -7.93. The normalized spacial score (nSPS) is 41.8. The molecule has 0 aromatic heterocycles. The van der Waals surface area contributed by atoms with Crippen molar-refractivity contribution in [3.63, 3.8) is 0 Å². The lowest BCUT2D eigenvalue weighted by atomic mass is 9.46. The molecule has 258 valence electrons. The third-order valence-corrected chi connectivity index (χ3v) is 11.7. The molecular formula is C34H50O12. The third-order valence-electron chi connectivity index (χ3n) is 11.7. The molecule has 3 fully saturated rings. The van der Waals surface area contributed by atoms with E-state index in [9.17, 15) is 34.2 Å². The van der Waals surface area contributed by atoms with Crippen LogP contribution in [0.3, 0.4) is 0 Å². The number of ether oxygens (including phenoxy) is 5. The number of hydrogen-bond acceptors (Lipinski definition) is 12. The highest BCUT2D eigenvalue weighted by atomic mass is 16.7. The second kappa shape index (κ2) is 11.7. The van der Waals surface area contributed by atoms with Gasteiger partial charge in [-0.1, -0.05) is 54.5 Å².